The number of aromatic nitrogens is 3. The van der Waals surface area contributed by atoms with Crippen LogP contribution in [0.15, 0.2) is 193 Å². The van der Waals surface area contributed by atoms with E-state index >= 15 is 0 Å². The summed E-state index contributed by atoms with van der Waals surface area (Å²) in [5.74, 6) is 1.58. The first-order valence-electron chi connectivity index (χ1n) is 23.0. The average molecular weight is 1070 g/mol. The number of imidazole rings is 1. The molecule has 0 saturated carbocycles. The molecular formula is C62H45IrN3OS-2. The van der Waals surface area contributed by atoms with Crippen molar-refractivity contribution in [1.82, 2.24) is 14.5 Å². The summed E-state index contributed by atoms with van der Waals surface area (Å²) in [6, 6.07) is 71.2. The number of fused-ring (bicyclic) bond motifs is 10. The molecular weight excluding hydrogens is 1030 g/mol. The molecule has 0 aliphatic carbocycles. The molecule has 0 bridgehead atoms. The minimum absolute atomic E-state index is 0. The number of para-hydroxylation sites is 2. The number of furan rings is 1. The van der Waals surface area contributed by atoms with Gasteiger partial charge in [0.25, 0.3) is 0 Å². The molecule has 0 aliphatic rings. The van der Waals surface area contributed by atoms with E-state index in [1.165, 1.54) is 69.7 Å². The first-order chi connectivity index (χ1) is 32.9. The van der Waals surface area contributed by atoms with Crippen LogP contribution in [0.1, 0.15) is 50.7 Å². The summed E-state index contributed by atoms with van der Waals surface area (Å²) >= 11 is 1.83. The van der Waals surface area contributed by atoms with Crippen molar-refractivity contribution in [2.45, 2.75) is 39.5 Å². The van der Waals surface area contributed by atoms with Crippen LogP contribution in [-0.2, 0) is 20.1 Å². The molecule has 4 aromatic heterocycles. The molecule has 0 fully saturated rings. The van der Waals surface area contributed by atoms with Gasteiger partial charge in [-0.25, -0.2) is 0 Å². The fraction of sp³-hybridized carbons (Fsp3) is 0.0968. The summed E-state index contributed by atoms with van der Waals surface area (Å²) in [5.41, 5.74) is 13.1. The summed E-state index contributed by atoms with van der Waals surface area (Å²) in [4.78, 5) is 9.71. The van der Waals surface area contributed by atoms with Gasteiger partial charge in [-0.1, -0.05) is 159 Å². The third-order valence-corrected chi connectivity index (χ3v) is 14.2. The molecule has 0 aliphatic heterocycles. The van der Waals surface area contributed by atoms with E-state index in [1.54, 1.807) is 6.20 Å². The van der Waals surface area contributed by atoms with Gasteiger partial charge in [-0.15, -0.1) is 58.7 Å². The number of nitrogens with zero attached hydrogens (tertiary/aromatic N) is 3. The minimum atomic E-state index is 0. The van der Waals surface area contributed by atoms with Crippen LogP contribution in [0.3, 0.4) is 0 Å². The van der Waals surface area contributed by atoms with Crippen LogP contribution < -0.4 is 0 Å². The van der Waals surface area contributed by atoms with Gasteiger partial charge in [-0.2, -0.15) is 0 Å². The molecule has 0 N–H and O–H groups in total. The van der Waals surface area contributed by atoms with Crippen LogP contribution in [-0.4, -0.2) is 14.5 Å². The predicted octanol–water partition coefficient (Wildman–Crippen LogP) is 17.5. The van der Waals surface area contributed by atoms with E-state index in [2.05, 4.69) is 207 Å². The summed E-state index contributed by atoms with van der Waals surface area (Å²) in [7, 11) is 0. The molecule has 6 heteroatoms. The Bertz CT molecular complexity index is 3970. The normalized spacial score (nSPS) is 11.7. The number of rotatable bonds is 6. The van der Waals surface area contributed by atoms with Gasteiger partial charge in [0.05, 0.1) is 22.4 Å². The van der Waals surface area contributed by atoms with Crippen molar-refractivity contribution in [3.8, 4) is 39.5 Å². The second kappa shape index (κ2) is 17.8. The van der Waals surface area contributed by atoms with Crippen LogP contribution in [0.4, 0.5) is 0 Å². The predicted molar refractivity (Wildman–Crippen MR) is 283 cm³/mol. The third-order valence-electron chi connectivity index (χ3n) is 13.1. The molecule has 68 heavy (non-hydrogen) atoms. The van der Waals surface area contributed by atoms with Gasteiger partial charge in [-0.3, -0.25) is 4.98 Å². The Morgan fingerprint density at radius 2 is 1.28 bits per heavy atom. The van der Waals surface area contributed by atoms with Crippen molar-refractivity contribution >= 4 is 86.0 Å². The van der Waals surface area contributed by atoms with E-state index in [-0.39, 0.29) is 20.1 Å². The number of pyridine rings is 1. The Morgan fingerprint density at radius 3 is 2.07 bits per heavy atom. The van der Waals surface area contributed by atoms with E-state index in [1.807, 2.05) is 35.6 Å². The van der Waals surface area contributed by atoms with Crippen LogP contribution in [0.25, 0.3) is 114 Å². The molecule has 1 radical (unpaired) electrons. The van der Waals surface area contributed by atoms with E-state index in [0.717, 1.165) is 55.6 Å². The quantitative estimate of drug-likeness (QED) is 0.123. The summed E-state index contributed by atoms with van der Waals surface area (Å²) < 4.78 is 11.3. The van der Waals surface area contributed by atoms with Crippen molar-refractivity contribution in [2.75, 3.05) is 0 Å². The maximum atomic E-state index is 6.30. The third kappa shape index (κ3) is 7.50. The SMILES string of the molecule is CC(C)c1cc(-c2ccccc2)cc(C(C)C)c1-n1c(-c2[c-]cc3c(ccc4ccccc43)c2)nc2ccccc21.[Ir].[c-]1ccc2c(oc3cc4c(cc32)sc2ccccc24)c1-c1ccccn1. The average Bonchev–Trinajstić information content (AvgIpc) is 4.06. The zero-order valence-electron chi connectivity index (χ0n) is 38.0. The van der Waals surface area contributed by atoms with Gasteiger partial charge >= 0.3 is 0 Å². The first-order valence-corrected chi connectivity index (χ1v) is 23.8. The van der Waals surface area contributed by atoms with Gasteiger partial charge in [0.2, 0.25) is 0 Å². The van der Waals surface area contributed by atoms with Crippen LogP contribution >= 0.6 is 11.3 Å². The topological polar surface area (TPSA) is 43.9 Å². The molecule has 4 heterocycles. The zero-order valence-corrected chi connectivity index (χ0v) is 41.3. The zero-order chi connectivity index (χ0) is 45.2. The largest absolute Gasteiger partial charge is 0.501 e. The van der Waals surface area contributed by atoms with Crippen molar-refractivity contribution in [2.24, 2.45) is 0 Å². The molecule has 13 rings (SSSR count). The van der Waals surface area contributed by atoms with E-state index in [4.69, 9.17) is 9.40 Å². The summed E-state index contributed by atoms with van der Waals surface area (Å²) in [6.07, 6.45) is 1.80. The Labute approximate surface area is 412 Å². The number of hydrogen-bond acceptors (Lipinski definition) is 4. The minimum Gasteiger partial charge on any atom is -0.501 e. The van der Waals surface area contributed by atoms with Gasteiger partial charge in [0.15, 0.2) is 0 Å². The fourth-order valence-corrected chi connectivity index (χ4v) is 10.9. The molecule has 4 nitrogen and oxygen atoms in total. The summed E-state index contributed by atoms with van der Waals surface area (Å²) in [5, 5.41) is 9.70. The molecule has 0 amide bonds. The molecule has 13 aromatic rings. The smallest absolute Gasteiger partial charge is 0.121 e. The Balaban J connectivity index is 0.000000161. The second-order valence-corrected chi connectivity index (χ2v) is 19.0. The van der Waals surface area contributed by atoms with E-state index < -0.39 is 0 Å². The van der Waals surface area contributed by atoms with Crippen LogP contribution in [0.2, 0.25) is 0 Å². The van der Waals surface area contributed by atoms with Gasteiger partial charge in [0.1, 0.15) is 5.58 Å². The first kappa shape index (κ1) is 43.4. The van der Waals surface area contributed by atoms with E-state index in [9.17, 15) is 0 Å². The monoisotopic (exact) mass is 1070 g/mol. The van der Waals surface area contributed by atoms with E-state index in [0.29, 0.717) is 11.8 Å². The van der Waals surface area contributed by atoms with Crippen molar-refractivity contribution in [1.29, 1.82) is 0 Å². The molecule has 331 valence electrons. The summed E-state index contributed by atoms with van der Waals surface area (Å²) in [6.45, 7) is 9.18. The van der Waals surface area contributed by atoms with Crippen molar-refractivity contribution in [3.05, 3.63) is 211 Å². The molecule has 9 aromatic carbocycles. The Kier molecular flexibility index (Phi) is 11.3. The fourth-order valence-electron chi connectivity index (χ4n) is 9.78. The molecule has 0 atom stereocenters. The van der Waals surface area contributed by atoms with Crippen LogP contribution in [0, 0.1) is 12.1 Å². The standard InChI is InChI=1S/C39H33N2.C23H12NOS.Ir/c1-25(2)34-23-31(27-12-6-5-7-13-27)24-35(26(3)4)38(34)41-37-17-11-10-16-36(37)40-39(41)30-20-21-33-29(22-30)19-18-28-14-8-9-15-32(28)33;1-2-10-21-14(6-1)18-12-20-17(13-22(18)26-21)15-7-5-8-16(23(15)25-20)19-9-3-4-11-24-19;/h5-19,21-26H,1-4H3;1-7,9-13H;/q2*-1;. The van der Waals surface area contributed by atoms with Gasteiger partial charge in [0, 0.05) is 57.5 Å². The number of hydrogen-bond donors (Lipinski definition) is 0. The van der Waals surface area contributed by atoms with Gasteiger partial charge < -0.3 is 14.0 Å². The molecule has 0 unspecified atom stereocenters. The molecule has 0 spiro atoms. The number of thiophene rings is 1. The Morgan fingerprint density at radius 1 is 0.559 bits per heavy atom. The number of benzene rings is 9. The molecule has 0 saturated heterocycles. The van der Waals surface area contributed by atoms with Crippen molar-refractivity contribution in [3.63, 3.8) is 0 Å². The van der Waals surface area contributed by atoms with Crippen molar-refractivity contribution < 1.29 is 24.5 Å². The maximum Gasteiger partial charge on any atom is 0.121 e. The van der Waals surface area contributed by atoms with Crippen LogP contribution in [0.5, 0.6) is 0 Å². The van der Waals surface area contributed by atoms with Gasteiger partial charge in [-0.05, 0) is 93.7 Å². The Hall–Kier alpha value is -7.21. The second-order valence-electron chi connectivity index (χ2n) is 17.9. The maximum absolute atomic E-state index is 6.30.